The quantitative estimate of drug-likeness (QED) is 0.784. The van der Waals surface area contributed by atoms with Crippen LogP contribution in [0.5, 0.6) is 0 Å². The molecule has 3 heteroatoms. The van der Waals surface area contributed by atoms with Crippen LogP contribution in [0.15, 0.2) is 18.2 Å². The van der Waals surface area contributed by atoms with Gasteiger partial charge in [-0.1, -0.05) is 20.3 Å². The van der Waals surface area contributed by atoms with Gasteiger partial charge in [0.25, 0.3) is 0 Å². The zero-order valence-electron chi connectivity index (χ0n) is 9.19. The van der Waals surface area contributed by atoms with E-state index < -0.39 is 11.6 Å². The van der Waals surface area contributed by atoms with Gasteiger partial charge in [-0.3, -0.25) is 0 Å². The summed E-state index contributed by atoms with van der Waals surface area (Å²) in [5, 5.41) is 3.09. The molecule has 1 aromatic rings. The van der Waals surface area contributed by atoms with Crippen LogP contribution < -0.4 is 5.32 Å². The molecule has 0 bridgehead atoms. The van der Waals surface area contributed by atoms with E-state index in [4.69, 9.17) is 0 Å². The minimum absolute atomic E-state index is 0.545. The molecule has 1 unspecified atom stereocenters. The molecule has 0 spiro atoms. The molecule has 0 saturated heterocycles. The van der Waals surface area contributed by atoms with Gasteiger partial charge in [-0.2, -0.15) is 0 Å². The summed E-state index contributed by atoms with van der Waals surface area (Å²) in [6.07, 6.45) is 2.28. The molecule has 84 valence electrons. The van der Waals surface area contributed by atoms with Crippen molar-refractivity contribution >= 4 is 5.69 Å². The van der Waals surface area contributed by atoms with Crippen molar-refractivity contribution in [3.63, 3.8) is 0 Å². The van der Waals surface area contributed by atoms with E-state index in [9.17, 15) is 8.78 Å². The van der Waals surface area contributed by atoms with Crippen LogP contribution >= 0.6 is 0 Å². The SMILES string of the molecule is CCCC(C)CNc1ccc(F)c(F)c1. The highest BCUT2D eigenvalue weighted by molar-refractivity contribution is 5.43. The van der Waals surface area contributed by atoms with Crippen molar-refractivity contribution in [3.8, 4) is 0 Å². The molecule has 1 nitrogen and oxygen atoms in total. The molecular formula is C12H17F2N. The fourth-order valence-electron chi connectivity index (χ4n) is 1.49. The Labute approximate surface area is 89.5 Å². The van der Waals surface area contributed by atoms with E-state index in [2.05, 4.69) is 19.2 Å². The van der Waals surface area contributed by atoms with Crippen LogP contribution in [0.2, 0.25) is 0 Å². The van der Waals surface area contributed by atoms with Crippen LogP contribution in [-0.2, 0) is 0 Å². The minimum atomic E-state index is -0.804. The van der Waals surface area contributed by atoms with Crippen LogP contribution in [0, 0.1) is 17.6 Å². The van der Waals surface area contributed by atoms with Gasteiger partial charge < -0.3 is 5.32 Å². The Morgan fingerprint density at radius 2 is 2.00 bits per heavy atom. The Bertz CT molecular complexity index is 312. The second-order valence-electron chi connectivity index (χ2n) is 3.90. The lowest BCUT2D eigenvalue weighted by atomic mass is 10.1. The van der Waals surface area contributed by atoms with Crippen molar-refractivity contribution < 1.29 is 8.78 Å². The lowest BCUT2D eigenvalue weighted by molar-refractivity contribution is 0.508. The van der Waals surface area contributed by atoms with Crippen LogP contribution in [0.25, 0.3) is 0 Å². The van der Waals surface area contributed by atoms with Crippen molar-refractivity contribution in [1.82, 2.24) is 0 Å². The van der Waals surface area contributed by atoms with Gasteiger partial charge in [0, 0.05) is 12.2 Å². The van der Waals surface area contributed by atoms with Crippen molar-refractivity contribution in [3.05, 3.63) is 29.8 Å². The van der Waals surface area contributed by atoms with Crippen molar-refractivity contribution in [1.29, 1.82) is 0 Å². The molecular weight excluding hydrogens is 196 g/mol. The lowest BCUT2D eigenvalue weighted by Crippen LogP contribution is -2.11. The third-order valence-electron chi connectivity index (χ3n) is 2.36. The van der Waals surface area contributed by atoms with Crippen molar-refractivity contribution in [2.45, 2.75) is 26.7 Å². The maximum Gasteiger partial charge on any atom is 0.160 e. The second kappa shape index (κ2) is 5.69. The number of benzene rings is 1. The molecule has 1 N–H and O–H groups in total. The van der Waals surface area contributed by atoms with Gasteiger partial charge in [0.15, 0.2) is 11.6 Å². The van der Waals surface area contributed by atoms with E-state index in [1.807, 2.05) is 0 Å². The van der Waals surface area contributed by atoms with E-state index in [1.54, 1.807) is 6.07 Å². The summed E-state index contributed by atoms with van der Waals surface area (Å²) in [5.74, 6) is -1.06. The van der Waals surface area contributed by atoms with Crippen LogP contribution in [-0.4, -0.2) is 6.54 Å². The van der Waals surface area contributed by atoms with E-state index in [0.717, 1.165) is 25.5 Å². The van der Waals surface area contributed by atoms with Gasteiger partial charge in [-0.05, 0) is 30.5 Å². The molecule has 0 aromatic heterocycles. The number of hydrogen-bond donors (Lipinski definition) is 1. The molecule has 0 aliphatic carbocycles. The van der Waals surface area contributed by atoms with Gasteiger partial charge in [-0.25, -0.2) is 8.78 Å². The third kappa shape index (κ3) is 3.86. The monoisotopic (exact) mass is 213 g/mol. The van der Waals surface area contributed by atoms with Crippen LogP contribution in [0.3, 0.4) is 0 Å². The van der Waals surface area contributed by atoms with Gasteiger partial charge in [0.05, 0.1) is 0 Å². The minimum Gasteiger partial charge on any atom is -0.385 e. The molecule has 0 aliphatic heterocycles. The lowest BCUT2D eigenvalue weighted by Gasteiger charge is -2.12. The average molecular weight is 213 g/mol. The first-order chi connectivity index (χ1) is 7.13. The fourth-order valence-corrected chi connectivity index (χ4v) is 1.49. The highest BCUT2D eigenvalue weighted by Crippen LogP contribution is 2.14. The molecule has 0 radical (unpaired) electrons. The van der Waals surface area contributed by atoms with Crippen LogP contribution in [0.4, 0.5) is 14.5 Å². The summed E-state index contributed by atoms with van der Waals surface area (Å²) < 4.78 is 25.5. The Kier molecular flexibility index (Phi) is 4.53. The Hall–Kier alpha value is -1.12. The summed E-state index contributed by atoms with van der Waals surface area (Å²) in [6.45, 7) is 5.06. The first kappa shape index (κ1) is 12.0. The topological polar surface area (TPSA) is 12.0 Å². The standard InChI is InChI=1S/C12H17F2N/c1-3-4-9(2)8-15-10-5-6-11(13)12(14)7-10/h5-7,9,15H,3-4,8H2,1-2H3. The zero-order chi connectivity index (χ0) is 11.3. The molecule has 1 atom stereocenters. The molecule has 0 amide bonds. The van der Waals surface area contributed by atoms with Gasteiger partial charge in [-0.15, -0.1) is 0 Å². The molecule has 0 heterocycles. The summed E-state index contributed by atoms with van der Waals surface area (Å²) in [5.41, 5.74) is 0.636. The van der Waals surface area contributed by atoms with Crippen molar-refractivity contribution in [2.75, 3.05) is 11.9 Å². The number of halogens is 2. The van der Waals surface area contributed by atoms with Crippen LogP contribution in [0.1, 0.15) is 26.7 Å². The third-order valence-corrected chi connectivity index (χ3v) is 2.36. The number of rotatable bonds is 5. The van der Waals surface area contributed by atoms with Gasteiger partial charge >= 0.3 is 0 Å². The highest BCUT2D eigenvalue weighted by atomic mass is 19.2. The first-order valence-electron chi connectivity index (χ1n) is 5.32. The molecule has 1 rings (SSSR count). The van der Waals surface area contributed by atoms with E-state index in [-0.39, 0.29) is 0 Å². The Morgan fingerprint density at radius 3 is 2.60 bits per heavy atom. The summed E-state index contributed by atoms with van der Waals surface area (Å²) in [6, 6.07) is 3.88. The normalized spacial score (nSPS) is 12.5. The van der Waals surface area contributed by atoms with Crippen molar-refractivity contribution in [2.24, 2.45) is 5.92 Å². The maximum absolute atomic E-state index is 12.8. The first-order valence-corrected chi connectivity index (χ1v) is 5.32. The second-order valence-corrected chi connectivity index (χ2v) is 3.90. The summed E-state index contributed by atoms with van der Waals surface area (Å²) in [7, 11) is 0. The molecule has 0 fully saturated rings. The van der Waals surface area contributed by atoms with E-state index in [1.165, 1.54) is 6.07 Å². The van der Waals surface area contributed by atoms with Gasteiger partial charge in [0.2, 0.25) is 0 Å². The molecule has 15 heavy (non-hydrogen) atoms. The van der Waals surface area contributed by atoms with E-state index in [0.29, 0.717) is 11.6 Å². The largest absolute Gasteiger partial charge is 0.385 e. The van der Waals surface area contributed by atoms with E-state index >= 15 is 0 Å². The van der Waals surface area contributed by atoms with Gasteiger partial charge in [0.1, 0.15) is 0 Å². The summed E-state index contributed by atoms with van der Waals surface area (Å²) >= 11 is 0. The maximum atomic E-state index is 12.8. The Morgan fingerprint density at radius 1 is 1.27 bits per heavy atom. The highest BCUT2D eigenvalue weighted by Gasteiger charge is 2.04. The molecule has 1 aromatic carbocycles. The predicted molar refractivity (Wildman–Crippen MR) is 58.9 cm³/mol. The Balaban J connectivity index is 2.47. The number of nitrogens with one attached hydrogen (secondary N) is 1. The predicted octanol–water partition coefficient (Wildman–Crippen LogP) is 3.81. The smallest absolute Gasteiger partial charge is 0.160 e. The summed E-state index contributed by atoms with van der Waals surface area (Å²) in [4.78, 5) is 0. The zero-order valence-corrected chi connectivity index (χ0v) is 9.19. The number of hydrogen-bond acceptors (Lipinski definition) is 1. The molecule has 0 aliphatic rings. The average Bonchev–Trinajstić information content (AvgIpc) is 2.20. The molecule has 0 saturated carbocycles. The fraction of sp³-hybridized carbons (Fsp3) is 0.500. The number of anilines is 1.